The molecule has 47 heavy (non-hydrogen) atoms. The highest BCUT2D eigenvalue weighted by molar-refractivity contribution is 5.76. The van der Waals surface area contributed by atoms with Crippen molar-refractivity contribution in [2.24, 2.45) is 0 Å². The number of aliphatic hydroxyl groups excluding tert-OH is 2. The second-order valence-electron chi connectivity index (χ2n) is 13.7. The van der Waals surface area contributed by atoms with Crippen LogP contribution >= 0.6 is 0 Å². The molecule has 0 spiro atoms. The highest BCUT2D eigenvalue weighted by Crippen LogP contribution is 2.12. The Labute approximate surface area is 293 Å². The SMILES string of the molecule is CCCCCCCCC/C=C/CC/C=C/CC/C=C/C(O)C(CO)NC(=O)CCCCCCC/C=C\CCCCCCCCCCC. The van der Waals surface area contributed by atoms with Gasteiger partial charge in [0.05, 0.1) is 18.8 Å². The zero-order chi connectivity index (χ0) is 34.3. The quantitative estimate of drug-likeness (QED) is 0.0464. The summed E-state index contributed by atoms with van der Waals surface area (Å²) < 4.78 is 0. The summed E-state index contributed by atoms with van der Waals surface area (Å²) in [6.45, 7) is 4.28. The standard InChI is InChI=1S/C43H79NO3/c1-3-5-7-9-11-13-15-17-19-21-23-25-27-29-31-33-35-37-39-43(47)44-41(40-45)42(46)38-36-34-32-30-28-26-24-22-20-18-16-14-12-10-8-6-4-2/h20,22-23,25,28,30,36,38,41-42,45-46H,3-19,21,24,26-27,29,31-35,37,39-40H2,1-2H3,(H,44,47)/b22-20+,25-23-,30-28+,38-36+. The topological polar surface area (TPSA) is 69.6 Å². The number of rotatable bonds is 36. The van der Waals surface area contributed by atoms with Gasteiger partial charge in [-0.25, -0.2) is 0 Å². The van der Waals surface area contributed by atoms with Gasteiger partial charge in [0.2, 0.25) is 5.91 Å². The fourth-order valence-electron chi connectivity index (χ4n) is 5.85. The summed E-state index contributed by atoms with van der Waals surface area (Å²) in [6.07, 6.45) is 52.0. The van der Waals surface area contributed by atoms with Crippen LogP contribution in [0.15, 0.2) is 48.6 Å². The predicted octanol–water partition coefficient (Wildman–Crippen LogP) is 12.4. The van der Waals surface area contributed by atoms with Crippen molar-refractivity contribution in [1.29, 1.82) is 0 Å². The van der Waals surface area contributed by atoms with E-state index in [0.29, 0.717) is 6.42 Å². The molecule has 274 valence electrons. The normalized spacial score (nSPS) is 13.5. The van der Waals surface area contributed by atoms with Gasteiger partial charge in [-0.05, 0) is 70.6 Å². The molecule has 0 radical (unpaired) electrons. The first-order chi connectivity index (χ1) is 23.2. The zero-order valence-electron chi connectivity index (χ0n) is 31.3. The molecule has 0 rings (SSSR count). The Morgan fingerprint density at radius 3 is 1.23 bits per heavy atom. The van der Waals surface area contributed by atoms with Crippen LogP contribution < -0.4 is 5.32 Å². The van der Waals surface area contributed by atoms with E-state index in [2.05, 4.69) is 55.6 Å². The first kappa shape index (κ1) is 45.3. The molecule has 0 aromatic rings. The lowest BCUT2D eigenvalue weighted by Gasteiger charge is -2.19. The summed E-state index contributed by atoms with van der Waals surface area (Å²) in [5.41, 5.74) is 0. The van der Waals surface area contributed by atoms with Gasteiger partial charge in [0.15, 0.2) is 0 Å². The molecule has 1 amide bonds. The summed E-state index contributed by atoms with van der Waals surface area (Å²) in [7, 11) is 0. The summed E-state index contributed by atoms with van der Waals surface area (Å²) in [5.74, 6) is -0.0877. The number of allylic oxidation sites excluding steroid dienone is 7. The minimum Gasteiger partial charge on any atom is -0.394 e. The summed E-state index contributed by atoms with van der Waals surface area (Å²) in [4.78, 5) is 12.3. The minimum absolute atomic E-state index is 0.0877. The minimum atomic E-state index is -0.872. The molecule has 0 aromatic carbocycles. The number of carbonyl (C=O) groups is 1. The van der Waals surface area contributed by atoms with E-state index in [1.807, 2.05) is 6.08 Å². The van der Waals surface area contributed by atoms with Crippen molar-refractivity contribution in [3.05, 3.63) is 48.6 Å². The Bertz CT molecular complexity index is 756. The Kier molecular flexibility index (Phi) is 37.4. The molecular weight excluding hydrogens is 578 g/mol. The van der Waals surface area contributed by atoms with Gasteiger partial charge < -0.3 is 15.5 Å². The third-order valence-corrected chi connectivity index (χ3v) is 9.01. The Balaban J connectivity index is 3.69. The first-order valence-electron chi connectivity index (χ1n) is 20.4. The van der Waals surface area contributed by atoms with Crippen LogP contribution in [0.1, 0.15) is 200 Å². The van der Waals surface area contributed by atoms with E-state index in [1.54, 1.807) is 6.08 Å². The van der Waals surface area contributed by atoms with E-state index in [4.69, 9.17) is 0 Å². The predicted molar refractivity (Wildman–Crippen MR) is 207 cm³/mol. The molecule has 4 nitrogen and oxygen atoms in total. The maximum absolute atomic E-state index is 12.3. The average molecular weight is 658 g/mol. The van der Waals surface area contributed by atoms with E-state index in [0.717, 1.165) is 51.4 Å². The van der Waals surface area contributed by atoms with E-state index in [-0.39, 0.29) is 12.5 Å². The van der Waals surface area contributed by atoms with Crippen molar-refractivity contribution in [2.75, 3.05) is 6.61 Å². The maximum atomic E-state index is 12.3. The van der Waals surface area contributed by atoms with Crippen molar-refractivity contribution in [2.45, 2.75) is 212 Å². The van der Waals surface area contributed by atoms with E-state index < -0.39 is 12.1 Å². The van der Waals surface area contributed by atoms with Gasteiger partial charge >= 0.3 is 0 Å². The lowest BCUT2D eigenvalue weighted by atomic mass is 10.1. The molecule has 0 bridgehead atoms. The lowest BCUT2D eigenvalue weighted by molar-refractivity contribution is -0.123. The van der Waals surface area contributed by atoms with Crippen LogP contribution in [0.4, 0.5) is 0 Å². The first-order valence-corrected chi connectivity index (χ1v) is 20.4. The van der Waals surface area contributed by atoms with Crippen molar-refractivity contribution in [3.8, 4) is 0 Å². The molecule has 0 saturated carbocycles. The van der Waals surface area contributed by atoms with Crippen LogP contribution in [-0.4, -0.2) is 34.9 Å². The number of hydrogen-bond acceptors (Lipinski definition) is 3. The molecular formula is C43H79NO3. The van der Waals surface area contributed by atoms with Crippen LogP contribution in [0.25, 0.3) is 0 Å². The van der Waals surface area contributed by atoms with Crippen LogP contribution in [0.3, 0.4) is 0 Å². The lowest BCUT2D eigenvalue weighted by Crippen LogP contribution is -2.45. The van der Waals surface area contributed by atoms with Gasteiger partial charge in [-0.3, -0.25) is 4.79 Å². The molecule has 0 aliphatic carbocycles. The van der Waals surface area contributed by atoms with Crippen molar-refractivity contribution < 1.29 is 15.0 Å². The van der Waals surface area contributed by atoms with E-state index in [1.165, 1.54) is 128 Å². The number of nitrogens with one attached hydrogen (secondary N) is 1. The zero-order valence-corrected chi connectivity index (χ0v) is 31.3. The van der Waals surface area contributed by atoms with Crippen molar-refractivity contribution >= 4 is 5.91 Å². The van der Waals surface area contributed by atoms with Crippen LogP contribution in [0.2, 0.25) is 0 Å². The molecule has 0 aliphatic rings. The van der Waals surface area contributed by atoms with Gasteiger partial charge in [-0.1, -0.05) is 172 Å². The van der Waals surface area contributed by atoms with Crippen molar-refractivity contribution in [1.82, 2.24) is 5.32 Å². The third-order valence-electron chi connectivity index (χ3n) is 9.01. The number of hydrogen-bond donors (Lipinski definition) is 3. The van der Waals surface area contributed by atoms with E-state index in [9.17, 15) is 15.0 Å². The molecule has 2 atom stereocenters. The molecule has 0 aromatic heterocycles. The molecule has 0 fully saturated rings. The molecule has 0 heterocycles. The number of unbranched alkanes of at least 4 members (excludes halogenated alkanes) is 23. The number of aliphatic hydroxyl groups is 2. The number of amides is 1. The van der Waals surface area contributed by atoms with Crippen molar-refractivity contribution in [3.63, 3.8) is 0 Å². The monoisotopic (exact) mass is 658 g/mol. The highest BCUT2D eigenvalue weighted by atomic mass is 16.3. The van der Waals surface area contributed by atoms with Gasteiger partial charge in [-0.2, -0.15) is 0 Å². The average Bonchev–Trinajstić information content (AvgIpc) is 3.07. The molecule has 0 saturated heterocycles. The smallest absolute Gasteiger partial charge is 0.220 e. The van der Waals surface area contributed by atoms with Gasteiger partial charge in [0.25, 0.3) is 0 Å². The van der Waals surface area contributed by atoms with E-state index >= 15 is 0 Å². The molecule has 3 N–H and O–H groups in total. The molecule has 0 aliphatic heterocycles. The fraction of sp³-hybridized carbons (Fsp3) is 0.791. The van der Waals surface area contributed by atoms with Crippen LogP contribution in [0, 0.1) is 0 Å². The Morgan fingerprint density at radius 1 is 0.489 bits per heavy atom. The Morgan fingerprint density at radius 2 is 0.830 bits per heavy atom. The second kappa shape index (κ2) is 38.8. The van der Waals surface area contributed by atoms with Gasteiger partial charge in [0.1, 0.15) is 0 Å². The Hall–Kier alpha value is -1.65. The largest absolute Gasteiger partial charge is 0.394 e. The summed E-state index contributed by atoms with van der Waals surface area (Å²) >= 11 is 0. The summed E-state index contributed by atoms with van der Waals surface area (Å²) in [5, 5.41) is 22.9. The number of carbonyl (C=O) groups excluding carboxylic acids is 1. The molecule has 4 heteroatoms. The van der Waals surface area contributed by atoms with Crippen LogP contribution in [-0.2, 0) is 4.79 Å². The highest BCUT2D eigenvalue weighted by Gasteiger charge is 2.17. The van der Waals surface area contributed by atoms with Gasteiger partial charge in [-0.15, -0.1) is 0 Å². The second-order valence-corrected chi connectivity index (χ2v) is 13.7. The summed E-state index contributed by atoms with van der Waals surface area (Å²) in [6, 6.07) is -0.649. The van der Waals surface area contributed by atoms with Gasteiger partial charge in [0, 0.05) is 6.42 Å². The molecule has 2 unspecified atom stereocenters. The third kappa shape index (κ3) is 35.5. The van der Waals surface area contributed by atoms with Crippen LogP contribution in [0.5, 0.6) is 0 Å². The maximum Gasteiger partial charge on any atom is 0.220 e. The fourth-order valence-corrected chi connectivity index (χ4v) is 5.85.